The van der Waals surface area contributed by atoms with Crippen LogP contribution in [-0.2, 0) is 9.47 Å². The quantitative estimate of drug-likeness (QED) is 0.721. The van der Waals surface area contributed by atoms with Gasteiger partial charge < -0.3 is 14.8 Å². The topological polar surface area (TPSA) is 30.5 Å². The van der Waals surface area contributed by atoms with Crippen LogP contribution in [0.4, 0.5) is 0 Å². The van der Waals surface area contributed by atoms with Gasteiger partial charge in [0.25, 0.3) is 0 Å². The van der Waals surface area contributed by atoms with E-state index in [0.29, 0.717) is 5.92 Å². The molecule has 2 aromatic rings. The first-order valence-corrected chi connectivity index (χ1v) is 9.35. The Balaban J connectivity index is 1.87. The summed E-state index contributed by atoms with van der Waals surface area (Å²) in [6, 6.07) is 19.3. The molecule has 3 nitrogen and oxygen atoms in total. The van der Waals surface area contributed by atoms with E-state index in [2.05, 4.69) is 59.9 Å². The maximum atomic E-state index is 6.41. The van der Waals surface area contributed by atoms with Crippen molar-refractivity contribution in [1.82, 2.24) is 5.32 Å². The van der Waals surface area contributed by atoms with E-state index < -0.39 is 0 Å². The first-order chi connectivity index (χ1) is 12.4. The number of piperidine rings is 1. The minimum atomic E-state index is 0.126. The Labute approximate surface area is 151 Å². The second-order valence-corrected chi connectivity index (χ2v) is 6.70. The summed E-state index contributed by atoms with van der Waals surface area (Å²) in [5.74, 6) is 0.515. The van der Waals surface area contributed by atoms with Crippen molar-refractivity contribution >= 4 is 0 Å². The molecule has 25 heavy (non-hydrogen) atoms. The maximum absolute atomic E-state index is 6.41. The normalized spacial score (nSPS) is 18.8. The zero-order valence-corrected chi connectivity index (χ0v) is 15.1. The first-order valence-electron chi connectivity index (χ1n) is 9.35. The first kappa shape index (κ1) is 18.1. The molecule has 1 aliphatic rings. The average molecular weight is 339 g/mol. The minimum absolute atomic E-state index is 0.126. The third kappa shape index (κ3) is 4.91. The molecule has 134 valence electrons. The third-order valence-electron chi connectivity index (χ3n) is 4.91. The molecule has 1 unspecified atom stereocenters. The molecule has 1 saturated heterocycles. The van der Waals surface area contributed by atoms with Gasteiger partial charge in [-0.1, -0.05) is 54.6 Å². The molecule has 1 aliphatic heterocycles. The van der Waals surface area contributed by atoms with Crippen LogP contribution in [0.2, 0.25) is 0 Å². The molecule has 0 aromatic heterocycles. The van der Waals surface area contributed by atoms with E-state index in [1.54, 1.807) is 7.11 Å². The number of hydrogen-bond acceptors (Lipinski definition) is 3. The fourth-order valence-corrected chi connectivity index (χ4v) is 3.66. The predicted molar refractivity (Wildman–Crippen MR) is 103 cm³/mol. The van der Waals surface area contributed by atoms with Gasteiger partial charge in [-0.15, -0.1) is 0 Å². The monoisotopic (exact) mass is 339 g/mol. The van der Waals surface area contributed by atoms with E-state index in [1.165, 1.54) is 29.5 Å². The Morgan fingerprint density at radius 3 is 2.60 bits per heavy atom. The molecule has 0 saturated carbocycles. The summed E-state index contributed by atoms with van der Waals surface area (Å²) in [5.41, 5.74) is 3.84. The molecule has 3 heteroatoms. The largest absolute Gasteiger partial charge is 0.385 e. The minimum Gasteiger partial charge on any atom is -0.385 e. The van der Waals surface area contributed by atoms with Crippen LogP contribution in [-0.4, -0.2) is 33.4 Å². The standard InChI is InChI=1S/C22H29NO2/c1-24-15-8-16-25-22(19-11-7-14-23-17-19)21-13-6-5-12-20(21)18-9-3-2-4-10-18/h2-6,9-10,12-13,19,22-23H,7-8,11,14-17H2,1H3/t19?,22-/m1/s1. The number of hydrogen-bond donors (Lipinski definition) is 1. The summed E-state index contributed by atoms with van der Waals surface area (Å²) in [6.45, 7) is 3.62. The van der Waals surface area contributed by atoms with E-state index in [9.17, 15) is 0 Å². The molecule has 1 fully saturated rings. The zero-order valence-electron chi connectivity index (χ0n) is 15.1. The van der Waals surface area contributed by atoms with Crippen LogP contribution in [0.3, 0.4) is 0 Å². The predicted octanol–water partition coefficient (Wildman–Crippen LogP) is 4.45. The summed E-state index contributed by atoms with van der Waals surface area (Å²) in [4.78, 5) is 0. The molecule has 0 spiro atoms. The molecular weight excluding hydrogens is 310 g/mol. The number of nitrogens with one attached hydrogen (secondary N) is 1. The Morgan fingerprint density at radius 2 is 1.84 bits per heavy atom. The summed E-state index contributed by atoms with van der Waals surface area (Å²) >= 11 is 0. The van der Waals surface area contributed by atoms with Gasteiger partial charge in [0.1, 0.15) is 0 Å². The number of rotatable bonds is 8. The molecule has 0 amide bonds. The van der Waals surface area contributed by atoms with Crippen molar-refractivity contribution in [3.63, 3.8) is 0 Å². The van der Waals surface area contributed by atoms with Gasteiger partial charge in [0.2, 0.25) is 0 Å². The van der Waals surface area contributed by atoms with Crippen molar-refractivity contribution < 1.29 is 9.47 Å². The number of benzene rings is 2. The van der Waals surface area contributed by atoms with E-state index in [-0.39, 0.29) is 6.10 Å². The molecule has 0 radical (unpaired) electrons. The van der Waals surface area contributed by atoms with Gasteiger partial charge in [0, 0.05) is 32.8 Å². The van der Waals surface area contributed by atoms with E-state index >= 15 is 0 Å². The van der Waals surface area contributed by atoms with Crippen molar-refractivity contribution in [2.24, 2.45) is 5.92 Å². The molecule has 2 aromatic carbocycles. The zero-order chi connectivity index (χ0) is 17.3. The van der Waals surface area contributed by atoms with Crippen LogP contribution in [0, 0.1) is 5.92 Å². The van der Waals surface area contributed by atoms with Crippen molar-refractivity contribution in [3.8, 4) is 11.1 Å². The van der Waals surface area contributed by atoms with Gasteiger partial charge >= 0.3 is 0 Å². The second kappa shape index (κ2) is 9.71. The lowest BCUT2D eigenvalue weighted by Gasteiger charge is -2.32. The van der Waals surface area contributed by atoms with E-state index in [0.717, 1.165) is 32.7 Å². The van der Waals surface area contributed by atoms with E-state index in [4.69, 9.17) is 9.47 Å². The lowest BCUT2D eigenvalue weighted by Crippen LogP contribution is -2.34. The highest BCUT2D eigenvalue weighted by Crippen LogP contribution is 2.36. The van der Waals surface area contributed by atoms with Crippen LogP contribution in [0.1, 0.15) is 30.9 Å². The third-order valence-corrected chi connectivity index (χ3v) is 4.91. The van der Waals surface area contributed by atoms with Crippen LogP contribution in [0.25, 0.3) is 11.1 Å². The van der Waals surface area contributed by atoms with Gasteiger partial charge in [0.15, 0.2) is 0 Å². The molecule has 1 N–H and O–H groups in total. The van der Waals surface area contributed by atoms with Crippen molar-refractivity contribution in [2.45, 2.75) is 25.4 Å². The smallest absolute Gasteiger partial charge is 0.0871 e. The van der Waals surface area contributed by atoms with E-state index in [1.807, 2.05) is 0 Å². The second-order valence-electron chi connectivity index (χ2n) is 6.70. The Morgan fingerprint density at radius 1 is 1.04 bits per heavy atom. The highest BCUT2D eigenvalue weighted by atomic mass is 16.5. The number of methoxy groups -OCH3 is 1. The van der Waals surface area contributed by atoms with Gasteiger partial charge in [0.05, 0.1) is 6.10 Å². The molecule has 1 heterocycles. The Bertz CT molecular complexity index is 623. The van der Waals surface area contributed by atoms with Crippen molar-refractivity contribution in [3.05, 3.63) is 60.2 Å². The molecule has 0 aliphatic carbocycles. The van der Waals surface area contributed by atoms with Crippen LogP contribution >= 0.6 is 0 Å². The molecule has 3 rings (SSSR count). The highest BCUT2D eigenvalue weighted by molar-refractivity contribution is 5.67. The molecule has 0 bridgehead atoms. The summed E-state index contributed by atoms with van der Waals surface area (Å²) in [7, 11) is 1.74. The number of ether oxygens (including phenoxy) is 2. The van der Waals surface area contributed by atoms with Gasteiger partial charge in [-0.05, 0) is 42.5 Å². The average Bonchev–Trinajstić information content (AvgIpc) is 2.69. The summed E-state index contributed by atoms with van der Waals surface area (Å²) < 4.78 is 11.6. The lowest BCUT2D eigenvalue weighted by molar-refractivity contribution is -0.00468. The maximum Gasteiger partial charge on any atom is 0.0871 e. The van der Waals surface area contributed by atoms with Gasteiger partial charge in [-0.2, -0.15) is 0 Å². The SMILES string of the molecule is COCCCO[C@@H](c1ccccc1-c1ccccc1)C1CCCNC1. The van der Waals surface area contributed by atoms with Gasteiger partial charge in [-0.25, -0.2) is 0 Å². The van der Waals surface area contributed by atoms with Crippen LogP contribution < -0.4 is 5.32 Å². The fourth-order valence-electron chi connectivity index (χ4n) is 3.66. The Hall–Kier alpha value is -1.68. The van der Waals surface area contributed by atoms with Crippen LogP contribution in [0.5, 0.6) is 0 Å². The molecule has 2 atom stereocenters. The fraction of sp³-hybridized carbons (Fsp3) is 0.455. The summed E-state index contributed by atoms with van der Waals surface area (Å²) in [6.07, 6.45) is 3.49. The van der Waals surface area contributed by atoms with Crippen molar-refractivity contribution in [2.75, 3.05) is 33.4 Å². The van der Waals surface area contributed by atoms with Crippen LogP contribution in [0.15, 0.2) is 54.6 Å². The van der Waals surface area contributed by atoms with Crippen molar-refractivity contribution in [1.29, 1.82) is 0 Å². The summed E-state index contributed by atoms with van der Waals surface area (Å²) in [5, 5.41) is 3.54. The van der Waals surface area contributed by atoms with Gasteiger partial charge in [-0.3, -0.25) is 0 Å². The molecular formula is C22H29NO2. The lowest BCUT2D eigenvalue weighted by atomic mass is 9.85. The highest BCUT2D eigenvalue weighted by Gasteiger charge is 2.27. The Kier molecular flexibility index (Phi) is 7.04.